The molecule has 2 heterocycles. The van der Waals surface area contributed by atoms with Gasteiger partial charge in [-0.3, -0.25) is 0 Å². The molecule has 0 amide bonds. The summed E-state index contributed by atoms with van der Waals surface area (Å²) in [7, 11) is 0. The van der Waals surface area contributed by atoms with E-state index < -0.39 is 0 Å². The third-order valence-electron chi connectivity index (χ3n) is 11.1. The van der Waals surface area contributed by atoms with Crippen molar-refractivity contribution in [3.05, 3.63) is 212 Å². The largest absolute Gasteiger partial charge is 0.454 e. The molecule has 0 radical (unpaired) electrons. The van der Waals surface area contributed by atoms with Crippen LogP contribution in [0, 0.1) is 0 Å². The van der Waals surface area contributed by atoms with Gasteiger partial charge < -0.3 is 9.32 Å². The second kappa shape index (κ2) is 13.8. The van der Waals surface area contributed by atoms with E-state index in [1.165, 1.54) is 59.1 Å². The zero-order valence-corrected chi connectivity index (χ0v) is 31.8. The van der Waals surface area contributed by atoms with Crippen LogP contribution in [0.5, 0.6) is 0 Å². The number of hydrogen-bond acceptors (Lipinski definition) is 3. The van der Waals surface area contributed by atoms with Gasteiger partial charge in [0.25, 0.3) is 0 Å². The van der Waals surface area contributed by atoms with Gasteiger partial charge in [0.05, 0.1) is 5.69 Å². The Labute approximate surface area is 335 Å². The van der Waals surface area contributed by atoms with Crippen LogP contribution < -0.4 is 4.90 Å². The molecule has 11 aromatic rings. The quantitative estimate of drug-likeness (QED) is 0.162. The maximum atomic E-state index is 6.71. The van der Waals surface area contributed by atoms with Crippen LogP contribution in [-0.2, 0) is 0 Å². The number of nitrogens with zero attached hydrogens (tertiary/aromatic N) is 1. The number of thiophene rings is 1. The van der Waals surface area contributed by atoms with E-state index in [2.05, 4.69) is 211 Å². The van der Waals surface area contributed by atoms with Gasteiger partial charge in [0.15, 0.2) is 5.58 Å². The molecule has 0 atom stereocenters. The summed E-state index contributed by atoms with van der Waals surface area (Å²) in [5.74, 6) is 0. The maximum absolute atomic E-state index is 6.71. The molecule has 0 fully saturated rings. The second-order valence-corrected chi connectivity index (χ2v) is 15.5. The predicted octanol–water partition coefficient (Wildman–Crippen LogP) is 16.1. The Morgan fingerprint density at radius 3 is 1.68 bits per heavy atom. The van der Waals surface area contributed by atoms with Crippen LogP contribution in [0.4, 0.5) is 17.1 Å². The SMILES string of the molecule is c1ccc(-c2ccccc2-c2ccc(N(c3ccc(-c4cccc5sc6ccccc6c45)c(-c4ccccc4)c3)c3cccc4c3oc3ccccc34)cc2)cc1. The van der Waals surface area contributed by atoms with Crippen molar-refractivity contribution in [2.75, 3.05) is 4.90 Å². The standard InChI is InChI=1S/C54H35NOS/c1-3-15-36(16-4-1)41-19-7-8-20-42(41)38-29-31-39(32-30-38)55(49-25-13-24-46-44-21-9-11-26-50(44)56-54(46)49)40-33-34-43(48(35-40)37-17-5-2-6-18-37)45-23-14-28-52-53(45)47-22-10-12-27-51(47)57-52/h1-35H. The molecule has 0 bridgehead atoms. The fourth-order valence-electron chi connectivity index (χ4n) is 8.49. The van der Waals surface area contributed by atoms with Crippen LogP contribution in [-0.4, -0.2) is 0 Å². The summed E-state index contributed by atoms with van der Waals surface area (Å²) in [5, 5.41) is 4.80. The van der Waals surface area contributed by atoms with Crippen molar-refractivity contribution >= 4 is 70.5 Å². The lowest BCUT2D eigenvalue weighted by Crippen LogP contribution is -2.10. The molecule has 0 unspecified atom stereocenters. The molecule has 57 heavy (non-hydrogen) atoms. The van der Waals surface area contributed by atoms with Crippen molar-refractivity contribution in [1.29, 1.82) is 0 Å². The lowest BCUT2D eigenvalue weighted by molar-refractivity contribution is 0.669. The summed E-state index contributed by atoms with van der Waals surface area (Å²) in [6, 6.07) is 76.3. The first kappa shape index (κ1) is 33.2. The molecule has 9 aromatic carbocycles. The molecule has 268 valence electrons. The molecule has 2 nitrogen and oxygen atoms in total. The van der Waals surface area contributed by atoms with E-state index >= 15 is 0 Å². The minimum absolute atomic E-state index is 0.858. The van der Waals surface area contributed by atoms with Crippen LogP contribution in [0.1, 0.15) is 0 Å². The van der Waals surface area contributed by atoms with Crippen molar-refractivity contribution in [1.82, 2.24) is 0 Å². The maximum Gasteiger partial charge on any atom is 0.159 e. The Bertz CT molecular complexity index is 3230. The Morgan fingerprint density at radius 2 is 0.912 bits per heavy atom. The molecule has 0 saturated carbocycles. The van der Waals surface area contributed by atoms with Gasteiger partial charge in [-0.05, 0) is 93.0 Å². The lowest BCUT2D eigenvalue weighted by Gasteiger charge is -2.27. The number of hydrogen-bond donors (Lipinski definition) is 0. The number of anilines is 3. The average Bonchev–Trinajstić information content (AvgIpc) is 3.87. The van der Waals surface area contributed by atoms with Crippen LogP contribution >= 0.6 is 11.3 Å². The van der Waals surface area contributed by atoms with Crippen LogP contribution in [0.2, 0.25) is 0 Å². The minimum atomic E-state index is 0.858. The van der Waals surface area contributed by atoms with E-state index in [1.807, 2.05) is 17.4 Å². The summed E-state index contributed by atoms with van der Waals surface area (Å²) in [5.41, 5.74) is 14.4. The molecule has 0 spiro atoms. The monoisotopic (exact) mass is 745 g/mol. The Morgan fingerprint density at radius 1 is 0.351 bits per heavy atom. The third-order valence-corrected chi connectivity index (χ3v) is 12.2. The van der Waals surface area contributed by atoms with E-state index in [4.69, 9.17) is 4.42 Å². The van der Waals surface area contributed by atoms with Gasteiger partial charge in [-0.15, -0.1) is 11.3 Å². The highest BCUT2D eigenvalue weighted by Crippen LogP contribution is 2.47. The fraction of sp³-hybridized carbons (Fsp3) is 0. The Balaban J connectivity index is 1.13. The molecular formula is C54H35NOS. The predicted molar refractivity (Wildman–Crippen MR) is 243 cm³/mol. The van der Waals surface area contributed by atoms with Gasteiger partial charge in [-0.25, -0.2) is 0 Å². The van der Waals surface area contributed by atoms with Gasteiger partial charge >= 0.3 is 0 Å². The Hall–Kier alpha value is -7.20. The molecular weight excluding hydrogens is 711 g/mol. The first-order chi connectivity index (χ1) is 28.3. The highest BCUT2D eigenvalue weighted by Gasteiger charge is 2.22. The zero-order chi connectivity index (χ0) is 37.7. The number of furan rings is 1. The van der Waals surface area contributed by atoms with Crippen LogP contribution in [0.15, 0.2) is 217 Å². The van der Waals surface area contributed by atoms with E-state index in [9.17, 15) is 0 Å². The summed E-state index contributed by atoms with van der Waals surface area (Å²) in [6.07, 6.45) is 0. The van der Waals surface area contributed by atoms with Crippen LogP contribution in [0.3, 0.4) is 0 Å². The third kappa shape index (κ3) is 5.71. The second-order valence-electron chi connectivity index (χ2n) is 14.4. The van der Waals surface area contributed by atoms with Crippen molar-refractivity contribution in [3.63, 3.8) is 0 Å². The first-order valence-corrected chi connectivity index (χ1v) is 20.2. The van der Waals surface area contributed by atoms with Gasteiger partial charge in [0.1, 0.15) is 5.58 Å². The topological polar surface area (TPSA) is 16.4 Å². The zero-order valence-electron chi connectivity index (χ0n) is 31.0. The molecule has 0 N–H and O–H groups in total. The summed E-state index contributed by atoms with van der Waals surface area (Å²) < 4.78 is 9.31. The first-order valence-electron chi connectivity index (χ1n) is 19.3. The van der Waals surface area contributed by atoms with Crippen LogP contribution in [0.25, 0.3) is 86.6 Å². The highest BCUT2D eigenvalue weighted by atomic mass is 32.1. The lowest BCUT2D eigenvalue weighted by atomic mass is 9.91. The average molecular weight is 746 g/mol. The van der Waals surface area contributed by atoms with E-state index in [0.717, 1.165) is 44.6 Å². The molecule has 0 aliphatic heterocycles. The smallest absolute Gasteiger partial charge is 0.159 e. The highest BCUT2D eigenvalue weighted by molar-refractivity contribution is 7.25. The van der Waals surface area contributed by atoms with Gasteiger partial charge in [0, 0.05) is 42.3 Å². The number of benzene rings is 9. The van der Waals surface area contributed by atoms with Gasteiger partial charge in [0.2, 0.25) is 0 Å². The van der Waals surface area contributed by atoms with Crippen molar-refractivity contribution in [3.8, 4) is 44.5 Å². The minimum Gasteiger partial charge on any atom is -0.454 e. The van der Waals surface area contributed by atoms with E-state index in [0.29, 0.717) is 0 Å². The normalized spacial score (nSPS) is 11.5. The van der Waals surface area contributed by atoms with Crippen molar-refractivity contribution < 1.29 is 4.42 Å². The summed E-state index contributed by atoms with van der Waals surface area (Å²) in [6.45, 7) is 0. The van der Waals surface area contributed by atoms with E-state index in [1.54, 1.807) is 0 Å². The van der Waals surface area contributed by atoms with Gasteiger partial charge in [-0.1, -0.05) is 164 Å². The van der Waals surface area contributed by atoms with Gasteiger partial charge in [-0.2, -0.15) is 0 Å². The number of fused-ring (bicyclic) bond motifs is 6. The number of para-hydroxylation sites is 2. The summed E-state index contributed by atoms with van der Waals surface area (Å²) >= 11 is 1.86. The van der Waals surface area contributed by atoms with E-state index in [-0.39, 0.29) is 0 Å². The molecule has 3 heteroatoms. The molecule has 0 aliphatic rings. The Kier molecular flexibility index (Phi) is 8.04. The molecule has 2 aromatic heterocycles. The molecule has 11 rings (SSSR count). The van der Waals surface area contributed by atoms with Crippen molar-refractivity contribution in [2.45, 2.75) is 0 Å². The number of rotatable bonds is 7. The fourth-order valence-corrected chi connectivity index (χ4v) is 9.62. The summed E-state index contributed by atoms with van der Waals surface area (Å²) in [4.78, 5) is 2.36. The molecule has 0 saturated heterocycles. The molecule has 0 aliphatic carbocycles. The van der Waals surface area contributed by atoms with Crippen molar-refractivity contribution in [2.24, 2.45) is 0 Å².